The summed E-state index contributed by atoms with van der Waals surface area (Å²) in [6, 6.07) is 6.08. The highest BCUT2D eigenvalue weighted by atomic mass is 35.5. The number of aromatic nitrogens is 2. The van der Waals surface area contributed by atoms with Gasteiger partial charge in [-0.2, -0.15) is 5.10 Å². The van der Waals surface area contributed by atoms with Crippen molar-refractivity contribution in [3.05, 3.63) is 46.5 Å². The molecule has 0 aliphatic heterocycles. The Morgan fingerprint density at radius 2 is 2.15 bits per heavy atom. The van der Waals surface area contributed by atoms with Gasteiger partial charge < -0.3 is 5.32 Å². The summed E-state index contributed by atoms with van der Waals surface area (Å²) in [7, 11) is 0. The normalized spacial score (nSPS) is 10.6. The number of nitrogens with zero attached hydrogens (tertiary/aromatic N) is 2. The smallest absolute Gasteiger partial charge is 0.226 e. The van der Waals surface area contributed by atoms with Crippen LogP contribution in [0.3, 0.4) is 0 Å². The molecular formula is C14H15ClFN3O. The zero-order valence-electron chi connectivity index (χ0n) is 11.3. The van der Waals surface area contributed by atoms with Crippen LogP contribution in [0.15, 0.2) is 24.3 Å². The van der Waals surface area contributed by atoms with E-state index in [1.165, 1.54) is 12.1 Å². The Morgan fingerprint density at radius 1 is 1.40 bits per heavy atom. The van der Waals surface area contributed by atoms with E-state index in [1.807, 2.05) is 19.9 Å². The number of amides is 1. The highest BCUT2D eigenvalue weighted by molar-refractivity contribution is 6.30. The molecule has 0 spiro atoms. The minimum Gasteiger partial charge on any atom is -0.324 e. The molecule has 1 heterocycles. The number of hydrogen-bond acceptors (Lipinski definition) is 2. The van der Waals surface area contributed by atoms with Gasteiger partial charge in [0.25, 0.3) is 0 Å². The summed E-state index contributed by atoms with van der Waals surface area (Å²) in [5.41, 5.74) is 2.03. The summed E-state index contributed by atoms with van der Waals surface area (Å²) >= 11 is 5.65. The van der Waals surface area contributed by atoms with E-state index in [0.717, 1.165) is 17.5 Å². The van der Waals surface area contributed by atoms with Crippen molar-refractivity contribution < 1.29 is 9.18 Å². The SMILES string of the molecule is Cc1cc(C)n(CCC(=O)Nc2ccc(Cl)cc2F)n1. The van der Waals surface area contributed by atoms with Crippen LogP contribution in [0.5, 0.6) is 0 Å². The first-order valence-corrected chi connectivity index (χ1v) is 6.59. The lowest BCUT2D eigenvalue weighted by molar-refractivity contribution is -0.116. The highest BCUT2D eigenvalue weighted by Crippen LogP contribution is 2.19. The Bertz CT molecular complexity index is 639. The van der Waals surface area contributed by atoms with Gasteiger partial charge in [0.15, 0.2) is 0 Å². The lowest BCUT2D eigenvalue weighted by Gasteiger charge is -2.07. The van der Waals surface area contributed by atoms with E-state index >= 15 is 0 Å². The lowest BCUT2D eigenvalue weighted by Crippen LogP contribution is -2.16. The van der Waals surface area contributed by atoms with Crippen molar-refractivity contribution in [2.24, 2.45) is 0 Å². The van der Waals surface area contributed by atoms with Crippen LogP contribution in [-0.4, -0.2) is 15.7 Å². The molecule has 4 nitrogen and oxygen atoms in total. The fraction of sp³-hybridized carbons (Fsp3) is 0.286. The second kappa shape index (κ2) is 6.05. The van der Waals surface area contributed by atoms with Gasteiger partial charge in [-0.3, -0.25) is 9.48 Å². The summed E-state index contributed by atoms with van der Waals surface area (Å²) in [5.74, 6) is -0.810. The maximum atomic E-state index is 13.5. The molecule has 0 aliphatic rings. The van der Waals surface area contributed by atoms with Gasteiger partial charge in [-0.1, -0.05) is 11.6 Å². The molecule has 2 aromatic rings. The lowest BCUT2D eigenvalue weighted by atomic mass is 10.3. The average molecular weight is 296 g/mol. The van der Waals surface area contributed by atoms with Gasteiger partial charge in [-0.05, 0) is 38.1 Å². The van der Waals surface area contributed by atoms with E-state index in [9.17, 15) is 9.18 Å². The minimum absolute atomic E-state index is 0.132. The fourth-order valence-corrected chi connectivity index (χ4v) is 2.07. The van der Waals surface area contributed by atoms with E-state index in [0.29, 0.717) is 11.6 Å². The van der Waals surface area contributed by atoms with Crippen molar-refractivity contribution in [2.45, 2.75) is 26.8 Å². The number of aryl methyl sites for hydroxylation is 3. The van der Waals surface area contributed by atoms with Gasteiger partial charge in [-0.25, -0.2) is 4.39 Å². The second-order valence-electron chi connectivity index (χ2n) is 4.57. The van der Waals surface area contributed by atoms with Gasteiger partial charge in [0.05, 0.1) is 11.4 Å². The molecule has 0 radical (unpaired) electrons. The third-order valence-corrected chi connectivity index (χ3v) is 3.09. The van der Waals surface area contributed by atoms with Gasteiger partial charge in [-0.15, -0.1) is 0 Å². The molecule has 0 atom stereocenters. The van der Waals surface area contributed by atoms with E-state index in [4.69, 9.17) is 11.6 Å². The van der Waals surface area contributed by atoms with Crippen LogP contribution in [0.4, 0.5) is 10.1 Å². The van der Waals surface area contributed by atoms with Gasteiger partial charge >= 0.3 is 0 Å². The van der Waals surface area contributed by atoms with Crippen LogP contribution < -0.4 is 5.32 Å². The van der Waals surface area contributed by atoms with Gasteiger partial charge in [0.1, 0.15) is 5.82 Å². The molecule has 1 amide bonds. The Balaban J connectivity index is 1.94. The first-order valence-electron chi connectivity index (χ1n) is 6.21. The number of carbonyl (C=O) groups excluding carboxylic acids is 1. The molecule has 6 heteroatoms. The van der Waals surface area contributed by atoms with Crippen molar-refractivity contribution in [1.29, 1.82) is 0 Å². The Kier molecular flexibility index (Phi) is 4.39. The van der Waals surface area contributed by atoms with Gasteiger partial charge in [0.2, 0.25) is 5.91 Å². The predicted octanol–water partition coefficient (Wildman–Crippen LogP) is 3.32. The molecule has 106 valence electrons. The van der Waals surface area contributed by atoms with E-state index in [2.05, 4.69) is 10.4 Å². The van der Waals surface area contributed by atoms with Crippen LogP contribution in [0.1, 0.15) is 17.8 Å². The van der Waals surface area contributed by atoms with Crippen molar-refractivity contribution in [3.8, 4) is 0 Å². The first kappa shape index (κ1) is 14.5. The van der Waals surface area contributed by atoms with Crippen molar-refractivity contribution >= 4 is 23.2 Å². The molecule has 0 bridgehead atoms. The van der Waals surface area contributed by atoms with E-state index < -0.39 is 5.82 Å². The van der Waals surface area contributed by atoms with Crippen molar-refractivity contribution in [3.63, 3.8) is 0 Å². The number of benzene rings is 1. The third-order valence-electron chi connectivity index (χ3n) is 2.86. The van der Waals surface area contributed by atoms with Crippen molar-refractivity contribution in [2.75, 3.05) is 5.32 Å². The Morgan fingerprint density at radius 3 is 2.75 bits per heavy atom. The summed E-state index contributed by atoms with van der Waals surface area (Å²) in [6.45, 7) is 4.28. The first-order chi connectivity index (χ1) is 9.45. The number of nitrogens with one attached hydrogen (secondary N) is 1. The standard InChI is InChI=1S/C14H15ClFN3O/c1-9-7-10(2)19(18-9)6-5-14(20)17-13-4-3-11(15)8-12(13)16/h3-4,7-8H,5-6H2,1-2H3,(H,17,20). The van der Waals surface area contributed by atoms with Crippen LogP contribution in [0.25, 0.3) is 0 Å². The van der Waals surface area contributed by atoms with Crippen LogP contribution in [-0.2, 0) is 11.3 Å². The summed E-state index contributed by atoms with van der Waals surface area (Å²) in [4.78, 5) is 11.8. The van der Waals surface area contributed by atoms with Crippen LogP contribution in [0, 0.1) is 19.7 Å². The molecule has 0 saturated heterocycles. The maximum Gasteiger partial charge on any atom is 0.226 e. The topological polar surface area (TPSA) is 46.9 Å². The number of halogens is 2. The van der Waals surface area contributed by atoms with Crippen molar-refractivity contribution in [1.82, 2.24) is 9.78 Å². The molecule has 0 unspecified atom stereocenters. The van der Waals surface area contributed by atoms with Crippen LogP contribution in [0.2, 0.25) is 5.02 Å². The zero-order chi connectivity index (χ0) is 14.7. The number of anilines is 1. The molecule has 20 heavy (non-hydrogen) atoms. The molecule has 1 aromatic carbocycles. The number of carbonyl (C=O) groups is 1. The molecule has 0 fully saturated rings. The third kappa shape index (κ3) is 3.57. The molecular weight excluding hydrogens is 281 g/mol. The average Bonchev–Trinajstić information content (AvgIpc) is 2.69. The summed E-state index contributed by atoms with van der Waals surface area (Å²) in [6.07, 6.45) is 0.226. The monoisotopic (exact) mass is 295 g/mol. The quantitative estimate of drug-likeness (QED) is 0.940. The summed E-state index contributed by atoms with van der Waals surface area (Å²) in [5, 5.41) is 7.08. The number of rotatable bonds is 4. The highest BCUT2D eigenvalue weighted by Gasteiger charge is 2.09. The number of hydrogen-bond donors (Lipinski definition) is 1. The maximum absolute atomic E-state index is 13.5. The largest absolute Gasteiger partial charge is 0.324 e. The molecule has 0 aliphatic carbocycles. The predicted molar refractivity (Wildman–Crippen MR) is 76.4 cm³/mol. The Hall–Kier alpha value is -1.88. The fourth-order valence-electron chi connectivity index (χ4n) is 1.91. The molecule has 2 rings (SSSR count). The second-order valence-corrected chi connectivity index (χ2v) is 5.01. The zero-order valence-corrected chi connectivity index (χ0v) is 12.0. The van der Waals surface area contributed by atoms with E-state index in [-0.39, 0.29) is 18.0 Å². The molecule has 0 saturated carbocycles. The summed E-state index contributed by atoms with van der Waals surface area (Å²) < 4.78 is 15.3. The minimum atomic E-state index is -0.544. The van der Waals surface area contributed by atoms with Crippen LogP contribution >= 0.6 is 11.6 Å². The Labute approximate surface area is 121 Å². The van der Waals surface area contributed by atoms with Gasteiger partial charge in [0, 0.05) is 23.7 Å². The molecule has 1 N–H and O–H groups in total. The van der Waals surface area contributed by atoms with E-state index in [1.54, 1.807) is 4.68 Å². The molecule has 1 aromatic heterocycles.